The molecule has 0 aromatic heterocycles. The van der Waals surface area contributed by atoms with Crippen molar-refractivity contribution in [3.63, 3.8) is 0 Å². The molecule has 1 saturated heterocycles. The molecular formula is C9H19ClN2O3S. The number of rotatable bonds is 5. The lowest BCUT2D eigenvalue weighted by Crippen LogP contribution is -2.37. The van der Waals surface area contributed by atoms with E-state index in [0.717, 1.165) is 13.1 Å². The molecule has 7 heteroatoms. The Morgan fingerprint density at radius 3 is 2.50 bits per heavy atom. The van der Waals surface area contributed by atoms with Crippen LogP contribution in [0.25, 0.3) is 0 Å². The Balaban J connectivity index is 0.00000128. The number of sulfonamides is 1. The number of nitrogens with one attached hydrogen (secondary N) is 2. The van der Waals surface area contributed by atoms with Gasteiger partial charge >= 0.3 is 0 Å². The van der Waals surface area contributed by atoms with Crippen LogP contribution in [0, 0.1) is 11.8 Å². The van der Waals surface area contributed by atoms with E-state index in [9.17, 15) is 8.42 Å². The standard InChI is InChI=1S/C9H18N2O3S.ClH/c1-6(14-2)5-15(12,13)11-9-7-3-10-4-8(7)9;/h6-11H,3-5H2,1-2H3;1H. The average molecular weight is 271 g/mol. The summed E-state index contributed by atoms with van der Waals surface area (Å²) in [5.74, 6) is 1.07. The molecule has 2 aliphatic rings. The van der Waals surface area contributed by atoms with E-state index in [1.165, 1.54) is 7.11 Å². The van der Waals surface area contributed by atoms with Gasteiger partial charge < -0.3 is 10.1 Å². The van der Waals surface area contributed by atoms with E-state index in [-0.39, 0.29) is 30.3 Å². The van der Waals surface area contributed by atoms with Crippen molar-refractivity contribution in [2.75, 3.05) is 26.0 Å². The fourth-order valence-corrected chi connectivity index (χ4v) is 3.84. The smallest absolute Gasteiger partial charge is 0.214 e. The van der Waals surface area contributed by atoms with Gasteiger partial charge in [0.25, 0.3) is 0 Å². The Morgan fingerprint density at radius 1 is 1.44 bits per heavy atom. The second-order valence-electron chi connectivity index (χ2n) is 4.46. The maximum Gasteiger partial charge on any atom is 0.214 e. The molecule has 2 rings (SSSR count). The summed E-state index contributed by atoms with van der Waals surface area (Å²) in [5.41, 5.74) is 0. The van der Waals surface area contributed by atoms with E-state index in [4.69, 9.17) is 4.74 Å². The fourth-order valence-electron chi connectivity index (χ4n) is 2.23. The molecule has 16 heavy (non-hydrogen) atoms. The predicted octanol–water partition coefficient (Wildman–Crippen LogP) is -0.420. The van der Waals surface area contributed by atoms with Crippen molar-refractivity contribution >= 4 is 22.4 Å². The van der Waals surface area contributed by atoms with Crippen molar-refractivity contribution in [3.05, 3.63) is 0 Å². The minimum atomic E-state index is -3.17. The largest absolute Gasteiger partial charge is 0.381 e. The maximum atomic E-state index is 11.7. The molecule has 2 fully saturated rings. The Morgan fingerprint density at radius 2 is 2.00 bits per heavy atom. The zero-order valence-electron chi connectivity index (χ0n) is 9.47. The first-order valence-electron chi connectivity index (χ1n) is 5.27. The lowest BCUT2D eigenvalue weighted by atomic mass is 10.4. The SMILES string of the molecule is COC(C)CS(=O)(=O)NC1C2CNCC21.Cl. The zero-order valence-corrected chi connectivity index (χ0v) is 11.1. The van der Waals surface area contributed by atoms with E-state index in [1.807, 2.05) is 0 Å². The maximum absolute atomic E-state index is 11.7. The molecule has 96 valence electrons. The second kappa shape index (κ2) is 5.18. The molecule has 1 heterocycles. The molecule has 0 radical (unpaired) electrons. The van der Waals surface area contributed by atoms with Gasteiger partial charge in [-0.15, -0.1) is 12.4 Å². The summed E-state index contributed by atoms with van der Waals surface area (Å²) in [6, 6.07) is 0.167. The van der Waals surface area contributed by atoms with E-state index in [0.29, 0.717) is 11.8 Å². The van der Waals surface area contributed by atoms with Gasteiger partial charge in [-0.2, -0.15) is 0 Å². The highest BCUT2D eigenvalue weighted by atomic mass is 35.5. The Hall–Kier alpha value is 0.120. The first-order chi connectivity index (χ1) is 7.03. The number of fused-ring (bicyclic) bond motifs is 1. The number of ether oxygens (including phenoxy) is 1. The Bertz CT molecular complexity index is 326. The van der Waals surface area contributed by atoms with Crippen LogP contribution in [0.3, 0.4) is 0 Å². The van der Waals surface area contributed by atoms with Crippen molar-refractivity contribution in [3.8, 4) is 0 Å². The predicted molar refractivity (Wildman–Crippen MR) is 64.3 cm³/mol. The minimum Gasteiger partial charge on any atom is -0.381 e. The Kier molecular flexibility index (Phi) is 4.59. The monoisotopic (exact) mass is 270 g/mol. The lowest BCUT2D eigenvalue weighted by Gasteiger charge is -2.12. The molecule has 0 amide bonds. The molecule has 1 aliphatic carbocycles. The zero-order chi connectivity index (χ0) is 11.1. The third-order valence-electron chi connectivity index (χ3n) is 3.26. The lowest BCUT2D eigenvalue weighted by molar-refractivity contribution is 0.136. The van der Waals surface area contributed by atoms with Gasteiger partial charge in [0.1, 0.15) is 0 Å². The van der Waals surface area contributed by atoms with Crippen LogP contribution in [-0.4, -0.2) is 46.5 Å². The molecule has 0 aromatic carbocycles. The summed E-state index contributed by atoms with van der Waals surface area (Å²) in [7, 11) is -1.65. The Labute approximate surface area is 103 Å². The van der Waals surface area contributed by atoms with Crippen LogP contribution in [0.5, 0.6) is 0 Å². The number of hydrogen-bond donors (Lipinski definition) is 2. The van der Waals surface area contributed by atoms with Crippen LogP contribution in [0.15, 0.2) is 0 Å². The molecule has 2 N–H and O–H groups in total. The summed E-state index contributed by atoms with van der Waals surface area (Å²) in [4.78, 5) is 0. The van der Waals surface area contributed by atoms with Crippen molar-refractivity contribution in [1.29, 1.82) is 0 Å². The van der Waals surface area contributed by atoms with Crippen LogP contribution >= 0.6 is 12.4 Å². The first kappa shape index (κ1) is 14.2. The van der Waals surface area contributed by atoms with Crippen molar-refractivity contribution < 1.29 is 13.2 Å². The second-order valence-corrected chi connectivity index (χ2v) is 6.26. The van der Waals surface area contributed by atoms with Gasteiger partial charge in [-0.05, 0) is 31.8 Å². The van der Waals surface area contributed by atoms with Gasteiger partial charge in [0.05, 0.1) is 11.9 Å². The minimum absolute atomic E-state index is 0. The summed E-state index contributed by atoms with van der Waals surface area (Å²) in [6.07, 6.45) is -0.251. The van der Waals surface area contributed by atoms with E-state index in [1.54, 1.807) is 6.92 Å². The molecule has 3 atom stereocenters. The molecule has 1 saturated carbocycles. The van der Waals surface area contributed by atoms with Gasteiger partial charge in [0, 0.05) is 13.2 Å². The molecule has 0 bridgehead atoms. The quantitative estimate of drug-likeness (QED) is 0.712. The van der Waals surface area contributed by atoms with Crippen LogP contribution in [0.1, 0.15) is 6.92 Å². The summed E-state index contributed by atoms with van der Waals surface area (Å²) >= 11 is 0. The van der Waals surface area contributed by atoms with Crippen molar-refractivity contribution in [2.24, 2.45) is 11.8 Å². The summed E-state index contributed by atoms with van der Waals surface area (Å²) in [6.45, 7) is 3.64. The summed E-state index contributed by atoms with van der Waals surface area (Å²) < 4.78 is 31.0. The van der Waals surface area contributed by atoms with Crippen LogP contribution in [0.2, 0.25) is 0 Å². The van der Waals surface area contributed by atoms with Gasteiger partial charge in [0.2, 0.25) is 10.0 Å². The third kappa shape index (κ3) is 3.07. The van der Waals surface area contributed by atoms with E-state index < -0.39 is 10.0 Å². The first-order valence-corrected chi connectivity index (χ1v) is 6.92. The normalized spacial score (nSPS) is 34.0. The number of piperidine rings is 1. The molecule has 0 spiro atoms. The van der Waals surface area contributed by atoms with Gasteiger partial charge in [-0.3, -0.25) is 0 Å². The third-order valence-corrected chi connectivity index (χ3v) is 4.80. The number of halogens is 1. The molecule has 1 aliphatic heterocycles. The highest BCUT2D eigenvalue weighted by Gasteiger charge is 2.54. The van der Waals surface area contributed by atoms with Crippen molar-refractivity contribution in [2.45, 2.75) is 19.1 Å². The molecular weight excluding hydrogens is 252 g/mol. The highest BCUT2D eigenvalue weighted by molar-refractivity contribution is 7.89. The number of methoxy groups -OCH3 is 1. The molecule has 0 aromatic rings. The van der Waals surface area contributed by atoms with Gasteiger partial charge in [-0.1, -0.05) is 0 Å². The van der Waals surface area contributed by atoms with E-state index >= 15 is 0 Å². The average Bonchev–Trinajstić information content (AvgIpc) is 2.64. The molecule has 5 nitrogen and oxygen atoms in total. The van der Waals surface area contributed by atoms with Crippen LogP contribution < -0.4 is 10.0 Å². The topological polar surface area (TPSA) is 67.4 Å². The van der Waals surface area contributed by atoms with Crippen molar-refractivity contribution in [1.82, 2.24) is 10.0 Å². The molecule has 3 unspecified atom stereocenters. The highest BCUT2D eigenvalue weighted by Crippen LogP contribution is 2.41. The van der Waals surface area contributed by atoms with Crippen LogP contribution in [0.4, 0.5) is 0 Å². The summed E-state index contributed by atoms with van der Waals surface area (Å²) in [5, 5.41) is 3.23. The van der Waals surface area contributed by atoms with E-state index in [2.05, 4.69) is 10.0 Å². The van der Waals surface area contributed by atoms with Crippen LogP contribution in [-0.2, 0) is 14.8 Å². The number of hydrogen-bond acceptors (Lipinski definition) is 4. The fraction of sp³-hybridized carbons (Fsp3) is 1.00. The van der Waals surface area contributed by atoms with Gasteiger partial charge in [-0.25, -0.2) is 13.1 Å². The van der Waals surface area contributed by atoms with Gasteiger partial charge in [0.15, 0.2) is 0 Å².